The second-order valence-electron chi connectivity index (χ2n) is 17.6. The van der Waals surface area contributed by atoms with Crippen molar-refractivity contribution in [3.8, 4) is 0 Å². The summed E-state index contributed by atoms with van der Waals surface area (Å²) >= 11 is 0. The summed E-state index contributed by atoms with van der Waals surface area (Å²) < 4.78 is 118. The van der Waals surface area contributed by atoms with Gasteiger partial charge in [0, 0.05) is 0 Å². The Morgan fingerprint density at radius 2 is 0.765 bits per heavy atom. The van der Waals surface area contributed by atoms with Crippen molar-refractivity contribution in [2.24, 2.45) is 0 Å². The molecule has 392 valence electrons. The van der Waals surface area contributed by atoms with Gasteiger partial charge in [-0.05, 0) is 0 Å². The minimum absolute atomic E-state index is 0.149. The molecule has 31 nitrogen and oxygen atoms in total. The van der Waals surface area contributed by atoms with Crippen molar-refractivity contribution in [1.29, 1.82) is 0 Å². The highest BCUT2D eigenvalue weighted by Gasteiger charge is 2.61. The van der Waals surface area contributed by atoms with Gasteiger partial charge < -0.3 is 133 Å². The van der Waals surface area contributed by atoms with E-state index in [-0.39, 0.29) is 19.8 Å². The van der Waals surface area contributed by atoms with E-state index < -0.39 is 214 Å². The SMILES string of the molecule is O=S(=O)(O)OC1C(CO)OC(OC2C3COC2C(O)C(OC2C(O)C(CO)OC(OC4C5COC4C(O)C(OC4C(O)C(O)OC(CO)C4O)O5)C2O)O3)C(O)C1OC1OC2COC(C2O)C1O. The highest BCUT2D eigenvalue weighted by molar-refractivity contribution is 7.80. The van der Waals surface area contributed by atoms with E-state index in [9.17, 15) is 79.4 Å². The van der Waals surface area contributed by atoms with Crippen molar-refractivity contribution in [3.05, 3.63) is 0 Å². The molecule has 30 atom stereocenters. The van der Waals surface area contributed by atoms with Crippen molar-refractivity contribution in [1.82, 2.24) is 0 Å². The molecule has 0 aliphatic carbocycles. The van der Waals surface area contributed by atoms with E-state index in [1.54, 1.807) is 0 Å². The number of fused-ring (bicyclic) bond motifs is 6. The number of hydrogen-bond donors (Lipinski definition) is 14. The lowest BCUT2D eigenvalue weighted by Gasteiger charge is -2.48. The van der Waals surface area contributed by atoms with Crippen LogP contribution in [0.3, 0.4) is 0 Å². The first-order valence-electron chi connectivity index (χ1n) is 21.7. The van der Waals surface area contributed by atoms with Crippen molar-refractivity contribution < 1.29 is 150 Å². The van der Waals surface area contributed by atoms with E-state index in [4.69, 9.17) is 70.5 Å². The lowest BCUT2D eigenvalue weighted by molar-refractivity contribution is -0.380. The molecule has 0 saturated carbocycles. The minimum Gasteiger partial charge on any atom is -0.394 e. The van der Waals surface area contributed by atoms with E-state index in [0.717, 1.165) is 0 Å². The van der Waals surface area contributed by atoms with Crippen LogP contribution in [-0.2, 0) is 80.9 Å². The Kier molecular flexibility index (Phi) is 15.7. The Balaban J connectivity index is 0.850. The fraction of sp³-hybridized carbons (Fsp3) is 1.00. The van der Waals surface area contributed by atoms with Gasteiger partial charge in [0.05, 0.1) is 39.6 Å². The van der Waals surface area contributed by atoms with Gasteiger partial charge in [-0.25, -0.2) is 4.18 Å². The summed E-state index contributed by atoms with van der Waals surface area (Å²) in [5, 5.41) is 139. The topological polar surface area (TPSA) is 456 Å². The molecule has 6 bridgehead atoms. The number of hydrogen-bond acceptors (Lipinski definition) is 30. The Labute approximate surface area is 383 Å². The third kappa shape index (κ3) is 9.71. The molecule has 30 unspecified atom stereocenters. The Bertz CT molecular complexity index is 1810. The van der Waals surface area contributed by atoms with E-state index in [1.807, 2.05) is 0 Å². The molecule has 14 N–H and O–H groups in total. The van der Waals surface area contributed by atoms with Crippen LogP contribution in [0.1, 0.15) is 0 Å². The van der Waals surface area contributed by atoms with Gasteiger partial charge >= 0.3 is 10.4 Å². The zero-order chi connectivity index (χ0) is 48.7. The van der Waals surface area contributed by atoms with Crippen LogP contribution in [0.2, 0.25) is 0 Å². The van der Waals surface area contributed by atoms with Crippen LogP contribution in [0, 0.1) is 0 Å². The first-order valence-corrected chi connectivity index (χ1v) is 23.0. The van der Waals surface area contributed by atoms with Gasteiger partial charge in [-0.15, -0.1) is 0 Å². The Morgan fingerprint density at radius 3 is 1.28 bits per heavy atom. The number of aliphatic hydroxyl groups excluding tert-OH is 13. The molecule has 9 fully saturated rings. The molecule has 9 rings (SSSR count). The molecule has 0 amide bonds. The van der Waals surface area contributed by atoms with Crippen LogP contribution in [0.5, 0.6) is 0 Å². The standard InChI is InChI=1S/C36H56O31S/c37-1-7-13(40)26(16(43)31(49)56-7)64-34-19(46)28-22(11(60-34)5-54-28)62-33-18(45)27(14(41)8(2-38)57-33)65-35-20(47)29-23(12(61-35)6-55-29)63-36-21(48)30(24(9(3-39)58-36)67-68(50,51)52)66-32-17(44)25-15(42)10(59-32)4-53-25/h7-49H,1-6H2,(H,50,51,52). The van der Waals surface area contributed by atoms with Crippen molar-refractivity contribution in [2.45, 2.75) is 184 Å². The highest BCUT2D eigenvalue weighted by Crippen LogP contribution is 2.41. The summed E-state index contributed by atoms with van der Waals surface area (Å²) in [5.41, 5.74) is 0. The predicted molar refractivity (Wildman–Crippen MR) is 200 cm³/mol. The quantitative estimate of drug-likeness (QED) is 0.0677. The first-order chi connectivity index (χ1) is 32.3. The molecule has 0 aromatic rings. The molecule has 32 heteroatoms. The molecule has 9 heterocycles. The van der Waals surface area contributed by atoms with Crippen molar-refractivity contribution in [2.75, 3.05) is 39.6 Å². The first kappa shape index (κ1) is 51.7. The lowest BCUT2D eigenvalue weighted by atomic mass is 9.96. The third-order valence-electron chi connectivity index (χ3n) is 13.4. The summed E-state index contributed by atoms with van der Waals surface area (Å²) in [6.07, 6.45) is -47.8. The molecule has 9 aliphatic heterocycles. The maximum absolute atomic E-state index is 11.9. The van der Waals surface area contributed by atoms with Gasteiger partial charge in [-0.1, -0.05) is 0 Å². The van der Waals surface area contributed by atoms with E-state index in [0.29, 0.717) is 0 Å². The summed E-state index contributed by atoms with van der Waals surface area (Å²) in [6, 6.07) is 0. The van der Waals surface area contributed by atoms with Crippen molar-refractivity contribution >= 4 is 10.4 Å². The van der Waals surface area contributed by atoms with Gasteiger partial charge in [-0.2, -0.15) is 8.42 Å². The van der Waals surface area contributed by atoms with Crippen LogP contribution in [0.4, 0.5) is 0 Å². The fourth-order valence-corrected chi connectivity index (χ4v) is 10.4. The zero-order valence-corrected chi connectivity index (χ0v) is 36.0. The number of aliphatic hydroxyl groups is 13. The maximum atomic E-state index is 11.9. The van der Waals surface area contributed by atoms with Gasteiger partial charge in [0.1, 0.15) is 146 Å². The Hall–Kier alpha value is -1.21. The molecule has 9 aliphatic rings. The van der Waals surface area contributed by atoms with Gasteiger partial charge in [0.2, 0.25) is 0 Å². The molecule has 68 heavy (non-hydrogen) atoms. The normalized spacial score (nSPS) is 54.9. The van der Waals surface area contributed by atoms with Gasteiger partial charge in [-0.3, -0.25) is 4.55 Å². The van der Waals surface area contributed by atoms with E-state index in [1.165, 1.54) is 0 Å². The molecule has 9 saturated heterocycles. The molecule has 0 aromatic heterocycles. The second kappa shape index (κ2) is 20.6. The highest BCUT2D eigenvalue weighted by atomic mass is 32.3. The fourth-order valence-electron chi connectivity index (χ4n) is 9.85. The maximum Gasteiger partial charge on any atom is 0.397 e. The van der Waals surface area contributed by atoms with Crippen LogP contribution in [0.15, 0.2) is 0 Å². The predicted octanol–water partition coefficient (Wildman–Crippen LogP) is -11.1. The monoisotopic (exact) mass is 1020 g/mol. The summed E-state index contributed by atoms with van der Waals surface area (Å²) in [4.78, 5) is 0. The smallest absolute Gasteiger partial charge is 0.394 e. The lowest BCUT2D eigenvalue weighted by Crippen LogP contribution is -2.66. The Morgan fingerprint density at radius 1 is 0.382 bits per heavy atom. The molecule has 0 spiro atoms. The average molecular weight is 1020 g/mol. The van der Waals surface area contributed by atoms with Crippen molar-refractivity contribution in [3.63, 3.8) is 0 Å². The average Bonchev–Trinajstić information content (AvgIpc) is 3.89. The van der Waals surface area contributed by atoms with Gasteiger partial charge in [0.25, 0.3) is 0 Å². The molecule has 0 aromatic carbocycles. The summed E-state index contributed by atoms with van der Waals surface area (Å²) in [6.45, 7) is -3.28. The largest absolute Gasteiger partial charge is 0.397 e. The van der Waals surface area contributed by atoms with Crippen LogP contribution in [0.25, 0.3) is 0 Å². The summed E-state index contributed by atoms with van der Waals surface area (Å²) in [5.74, 6) is 0. The molecular formula is C36H56O31S. The van der Waals surface area contributed by atoms with Crippen LogP contribution in [-0.4, -0.2) is 303 Å². The molecular weight excluding hydrogens is 960 g/mol. The zero-order valence-electron chi connectivity index (χ0n) is 35.2. The minimum atomic E-state index is -5.31. The number of rotatable bonds is 15. The van der Waals surface area contributed by atoms with Gasteiger partial charge in [0.15, 0.2) is 37.7 Å². The third-order valence-corrected chi connectivity index (χ3v) is 13.8. The number of ether oxygens (including phenoxy) is 14. The van der Waals surface area contributed by atoms with Crippen LogP contribution < -0.4 is 0 Å². The van der Waals surface area contributed by atoms with E-state index in [2.05, 4.69) is 0 Å². The second-order valence-corrected chi connectivity index (χ2v) is 18.7. The van der Waals surface area contributed by atoms with Crippen LogP contribution >= 0.6 is 0 Å². The molecule has 0 radical (unpaired) electrons. The summed E-state index contributed by atoms with van der Waals surface area (Å²) in [7, 11) is -5.31. The van der Waals surface area contributed by atoms with E-state index >= 15 is 0 Å².